The number of aliphatic hydroxyl groups is 1. The summed E-state index contributed by atoms with van der Waals surface area (Å²) in [5.74, 6) is -1.44. The first-order valence-electron chi connectivity index (χ1n) is 7.45. The van der Waals surface area contributed by atoms with E-state index in [1.165, 1.54) is 0 Å². The number of hydrogen-bond donors (Lipinski definition) is 1. The van der Waals surface area contributed by atoms with E-state index in [-0.39, 0.29) is 22.2 Å². The number of benzene rings is 2. The van der Waals surface area contributed by atoms with Gasteiger partial charge in [-0.25, -0.2) is 0 Å². The molecule has 0 fully saturated rings. The average molecular weight is 388 g/mol. The van der Waals surface area contributed by atoms with E-state index in [0.29, 0.717) is 5.30 Å². The topological polar surface area (TPSA) is 49.8 Å². The van der Waals surface area contributed by atoms with Crippen LogP contribution in [-0.4, -0.2) is 25.8 Å². The SMILES string of the molecule is CCO[P@@](=O)(c1ccc(N(C)C)cc1)[C@@H](O)c1c(Cl)cccc1Cl. The van der Waals surface area contributed by atoms with Crippen molar-refractivity contribution in [2.45, 2.75) is 12.8 Å². The fourth-order valence-corrected chi connectivity index (χ4v) is 5.26. The van der Waals surface area contributed by atoms with E-state index in [2.05, 4.69) is 0 Å². The zero-order valence-electron chi connectivity index (χ0n) is 13.7. The van der Waals surface area contributed by atoms with Gasteiger partial charge in [-0.1, -0.05) is 29.3 Å². The van der Waals surface area contributed by atoms with Gasteiger partial charge in [0.15, 0.2) is 5.85 Å². The third-order valence-electron chi connectivity index (χ3n) is 3.63. The van der Waals surface area contributed by atoms with Crippen LogP contribution in [-0.2, 0) is 9.09 Å². The molecule has 2 atom stereocenters. The second-order valence-electron chi connectivity index (χ2n) is 5.43. The maximum atomic E-state index is 13.5. The van der Waals surface area contributed by atoms with Crippen LogP contribution in [0.25, 0.3) is 0 Å². The molecule has 0 heterocycles. The average Bonchev–Trinajstić information content (AvgIpc) is 2.54. The summed E-state index contributed by atoms with van der Waals surface area (Å²) in [5.41, 5.74) is 1.17. The van der Waals surface area contributed by atoms with Crippen LogP contribution in [0.5, 0.6) is 0 Å². The minimum Gasteiger partial charge on any atom is -0.378 e. The Bertz CT molecular complexity index is 730. The van der Waals surface area contributed by atoms with Gasteiger partial charge in [0.1, 0.15) is 0 Å². The summed E-state index contributed by atoms with van der Waals surface area (Å²) >= 11 is 12.3. The van der Waals surface area contributed by atoms with E-state index < -0.39 is 13.2 Å². The number of hydrogen-bond acceptors (Lipinski definition) is 4. The predicted molar refractivity (Wildman–Crippen MR) is 101 cm³/mol. The van der Waals surface area contributed by atoms with E-state index >= 15 is 0 Å². The molecule has 0 saturated carbocycles. The molecule has 0 aliphatic rings. The highest BCUT2D eigenvalue weighted by Crippen LogP contribution is 2.59. The Morgan fingerprint density at radius 2 is 1.67 bits per heavy atom. The van der Waals surface area contributed by atoms with Crippen LogP contribution in [0.3, 0.4) is 0 Å². The third-order valence-corrected chi connectivity index (χ3v) is 6.85. The standard InChI is InChI=1S/C17H20Cl2NO3P/c1-4-23-24(22,13-10-8-12(9-11-13)20(2)3)17(21)16-14(18)6-5-7-15(16)19/h5-11,17,21H,4H2,1-3H3/t17-,24+/m1/s1. The van der Waals surface area contributed by atoms with Crippen molar-refractivity contribution in [1.82, 2.24) is 0 Å². The van der Waals surface area contributed by atoms with Gasteiger partial charge < -0.3 is 14.5 Å². The van der Waals surface area contributed by atoms with Gasteiger partial charge in [0.25, 0.3) is 7.37 Å². The Morgan fingerprint density at radius 3 is 2.12 bits per heavy atom. The summed E-state index contributed by atoms with van der Waals surface area (Å²) < 4.78 is 19.0. The molecular formula is C17H20Cl2NO3P. The molecule has 0 spiro atoms. The normalized spacial score (nSPS) is 14.9. The van der Waals surface area contributed by atoms with Gasteiger partial charge in [0.05, 0.1) is 6.61 Å². The molecule has 0 bridgehead atoms. The summed E-state index contributed by atoms with van der Waals surface area (Å²) in [6, 6.07) is 11.9. The van der Waals surface area contributed by atoms with Crippen LogP contribution in [0.4, 0.5) is 5.69 Å². The second-order valence-corrected chi connectivity index (χ2v) is 8.71. The zero-order valence-corrected chi connectivity index (χ0v) is 16.1. The van der Waals surface area contributed by atoms with Crippen molar-refractivity contribution in [2.24, 2.45) is 0 Å². The third kappa shape index (κ3) is 3.79. The molecule has 0 unspecified atom stereocenters. The molecular weight excluding hydrogens is 368 g/mol. The Labute approximate surface area is 152 Å². The van der Waals surface area contributed by atoms with Crippen molar-refractivity contribution < 1.29 is 14.2 Å². The first-order chi connectivity index (χ1) is 11.3. The molecule has 0 radical (unpaired) electrons. The highest BCUT2D eigenvalue weighted by molar-refractivity contribution is 7.67. The van der Waals surface area contributed by atoms with E-state index in [1.807, 2.05) is 31.1 Å². The van der Waals surface area contributed by atoms with Gasteiger partial charge in [0.2, 0.25) is 0 Å². The minimum absolute atomic E-state index is 0.186. The quantitative estimate of drug-likeness (QED) is 0.730. The summed E-state index contributed by atoms with van der Waals surface area (Å²) in [7, 11) is 0.204. The lowest BCUT2D eigenvalue weighted by Gasteiger charge is -2.25. The molecule has 0 amide bonds. The van der Waals surface area contributed by atoms with Gasteiger partial charge in [-0.05, 0) is 43.3 Å². The molecule has 0 aliphatic heterocycles. The fourth-order valence-electron chi connectivity index (χ4n) is 2.36. The monoisotopic (exact) mass is 387 g/mol. The lowest BCUT2D eigenvalue weighted by atomic mass is 10.2. The van der Waals surface area contributed by atoms with Crippen molar-refractivity contribution in [2.75, 3.05) is 25.6 Å². The lowest BCUT2D eigenvalue weighted by Crippen LogP contribution is -2.16. The van der Waals surface area contributed by atoms with Gasteiger partial charge in [-0.15, -0.1) is 0 Å². The summed E-state index contributed by atoms with van der Waals surface area (Å²) in [4.78, 5) is 1.93. The molecule has 1 N–H and O–H groups in total. The molecule has 2 aromatic rings. The smallest absolute Gasteiger partial charge is 0.264 e. The van der Waals surface area contributed by atoms with Crippen molar-refractivity contribution >= 4 is 41.6 Å². The second kappa shape index (κ2) is 7.90. The predicted octanol–water partition coefficient (Wildman–Crippen LogP) is 4.69. The van der Waals surface area contributed by atoms with Gasteiger partial charge >= 0.3 is 0 Å². The molecule has 2 aromatic carbocycles. The van der Waals surface area contributed by atoms with Crippen LogP contribution >= 0.6 is 30.6 Å². The van der Waals surface area contributed by atoms with Crippen molar-refractivity contribution in [3.05, 3.63) is 58.1 Å². The summed E-state index contributed by atoms with van der Waals surface area (Å²) in [5, 5.41) is 11.7. The number of nitrogens with zero attached hydrogens (tertiary/aromatic N) is 1. The molecule has 130 valence electrons. The Balaban J connectivity index is 2.52. The molecule has 0 aliphatic carbocycles. The van der Waals surface area contributed by atoms with Gasteiger partial charge in [-0.3, -0.25) is 4.57 Å². The first kappa shape index (κ1) is 19.3. The molecule has 24 heavy (non-hydrogen) atoms. The van der Waals surface area contributed by atoms with E-state index in [9.17, 15) is 9.67 Å². The van der Waals surface area contributed by atoms with Crippen molar-refractivity contribution in [3.63, 3.8) is 0 Å². The minimum atomic E-state index is -3.62. The highest BCUT2D eigenvalue weighted by atomic mass is 35.5. The highest BCUT2D eigenvalue weighted by Gasteiger charge is 2.38. The zero-order chi connectivity index (χ0) is 17.9. The van der Waals surface area contributed by atoms with E-state index in [4.69, 9.17) is 27.7 Å². The Kier molecular flexibility index (Phi) is 6.35. The summed E-state index contributed by atoms with van der Waals surface area (Å²) in [6.45, 7) is 1.91. The molecule has 7 heteroatoms. The van der Waals surface area contributed by atoms with Crippen LogP contribution < -0.4 is 10.2 Å². The number of anilines is 1. The van der Waals surface area contributed by atoms with Crippen LogP contribution in [0.15, 0.2) is 42.5 Å². The van der Waals surface area contributed by atoms with Crippen LogP contribution in [0.2, 0.25) is 10.0 Å². The lowest BCUT2D eigenvalue weighted by molar-refractivity contribution is 0.218. The number of aliphatic hydroxyl groups excluding tert-OH is 1. The van der Waals surface area contributed by atoms with Crippen LogP contribution in [0, 0.1) is 0 Å². The van der Waals surface area contributed by atoms with E-state index in [1.54, 1.807) is 37.3 Å². The molecule has 0 saturated heterocycles. The number of halogens is 2. The molecule has 4 nitrogen and oxygen atoms in total. The van der Waals surface area contributed by atoms with Crippen molar-refractivity contribution in [1.29, 1.82) is 0 Å². The molecule has 2 rings (SSSR count). The molecule has 0 aromatic heterocycles. The Hall–Kier alpha value is -1.03. The maximum absolute atomic E-state index is 13.5. The first-order valence-corrected chi connectivity index (χ1v) is 9.90. The van der Waals surface area contributed by atoms with E-state index in [0.717, 1.165) is 5.69 Å². The largest absolute Gasteiger partial charge is 0.378 e. The number of rotatable bonds is 6. The van der Waals surface area contributed by atoms with Gasteiger partial charge in [-0.2, -0.15) is 0 Å². The van der Waals surface area contributed by atoms with Crippen molar-refractivity contribution in [3.8, 4) is 0 Å². The van der Waals surface area contributed by atoms with Crippen LogP contribution in [0.1, 0.15) is 18.3 Å². The summed E-state index contributed by atoms with van der Waals surface area (Å²) in [6.07, 6.45) is 0. The Morgan fingerprint density at radius 1 is 1.12 bits per heavy atom. The maximum Gasteiger partial charge on any atom is 0.264 e. The van der Waals surface area contributed by atoms with Gasteiger partial charge in [0, 0.05) is 40.7 Å². The fraction of sp³-hybridized carbons (Fsp3) is 0.294.